The van der Waals surface area contributed by atoms with Gasteiger partial charge < -0.3 is 9.31 Å². The molecule has 0 radical (unpaired) electrons. The highest BCUT2D eigenvalue weighted by molar-refractivity contribution is 6.62. The van der Waals surface area contributed by atoms with Crippen LogP contribution in [-0.4, -0.2) is 18.3 Å². The molecule has 4 aromatic carbocycles. The fraction of sp³-hybridized carbons (Fsp3) is 0.290. The molecule has 6 rings (SSSR count). The van der Waals surface area contributed by atoms with E-state index in [0.717, 1.165) is 5.46 Å². The lowest BCUT2D eigenvalue weighted by Gasteiger charge is -2.32. The van der Waals surface area contributed by atoms with Crippen LogP contribution in [0.2, 0.25) is 0 Å². The Morgan fingerprint density at radius 3 is 1.82 bits per heavy atom. The Balaban J connectivity index is 1.40. The summed E-state index contributed by atoms with van der Waals surface area (Å²) in [6.07, 6.45) is 0. The molecule has 1 aliphatic heterocycles. The first-order valence-corrected chi connectivity index (χ1v) is 12.2. The molecule has 4 aromatic rings. The Labute approximate surface area is 203 Å². The number of hydrogen-bond acceptors (Lipinski definition) is 2. The van der Waals surface area contributed by atoms with Crippen LogP contribution in [0.25, 0.3) is 33.0 Å². The van der Waals surface area contributed by atoms with Gasteiger partial charge in [-0.05, 0) is 89.4 Å². The Morgan fingerprint density at radius 2 is 1.12 bits per heavy atom. The SMILES string of the molecule is CC1(C)c2cc(B3OC(C)(C)C(C)(C)O3)ccc2-c2ccc(-c3ccc4ccccc4c3)cc21. The van der Waals surface area contributed by atoms with Crippen molar-refractivity contribution < 1.29 is 9.31 Å². The molecule has 0 amide bonds. The topological polar surface area (TPSA) is 18.5 Å². The van der Waals surface area contributed by atoms with Crippen LogP contribution in [0.5, 0.6) is 0 Å². The average molecular weight is 446 g/mol. The molecule has 1 heterocycles. The monoisotopic (exact) mass is 446 g/mol. The molecule has 0 saturated carbocycles. The van der Waals surface area contributed by atoms with Crippen LogP contribution in [0.1, 0.15) is 52.7 Å². The van der Waals surface area contributed by atoms with Crippen molar-refractivity contribution >= 4 is 23.4 Å². The fourth-order valence-corrected chi connectivity index (χ4v) is 5.43. The van der Waals surface area contributed by atoms with Crippen molar-refractivity contribution in [2.24, 2.45) is 0 Å². The first kappa shape index (κ1) is 21.6. The second-order valence-electron chi connectivity index (χ2n) is 11.3. The minimum absolute atomic E-state index is 0.100. The maximum atomic E-state index is 6.35. The lowest BCUT2D eigenvalue weighted by molar-refractivity contribution is 0.00578. The quantitative estimate of drug-likeness (QED) is 0.306. The van der Waals surface area contributed by atoms with Gasteiger partial charge in [0.05, 0.1) is 11.2 Å². The summed E-state index contributed by atoms with van der Waals surface area (Å²) in [7, 11) is -0.344. The van der Waals surface area contributed by atoms with Gasteiger partial charge in [0, 0.05) is 5.41 Å². The molecule has 2 aliphatic rings. The molecule has 0 bridgehead atoms. The van der Waals surface area contributed by atoms with Crippen molar-refractivity contribution in [2.75, 3.05) is 0 Å². The van der Waals surface area contributed by atoms with E-state index in [1.54, 1.807) is 0 Å². The molecule has 0 atom stereocenters. The van der Waals surface area contributed by atoms with Gasteiger partial charge in [-0.25, -0.2) is 0 Å². The summed E-state index contributed by atoms with van der Waals surface area (Å²) in [5, 5.41) is 2.55. The standard InChI is InChI=1S/C31H31BO2/c1-29(2)27-18-23(22-12-11-20-9-7-8-10-21(20)17-22)13-15-25(27)26-16-14-24(19-28(26)29)32-33-30(3,4)31(5,6)34-32/h7-19H,1-6H3. The van der Waals surface area contributed by atoms with E-state index in [4.69, 9.17) is 9.31 Å². The summed E-state index contributed by atoms with van der Waals surface area (Å²) in [5.41, 5.74) is 8.17. The zero-order chi connectivity index (χ0) is 23.9. The predicted molar refractivity (Wildman–Crippen MR) is 143 cm³/mol. The van der Waals surface area contributed by atoms with Gasteiger partial charge in [-0.15, -0.1) is 0 Å². The second-order valence-corrected chi connectivity index (χ2v) is 11.3. The zero-order valence-corrected chi connectivity index (χ0v) is 20.9. The van der Waals surface area contributed by atoms with Gasteiger partial charge in [0.25, 0.3) is 0 Å². The van der Waals surface area contributed by atoms with Crippen LogP contribution in [0.4, 0.5) is 0 Å². The Morgan fingerprint density at radius 1 is 0.559 bits per heavy atom. The summed E-state index contributed by atoms with van der Waals surface area (Å²) in [4.78, 5) is 0. The Bertz CT molecular complexity index is 1430. The molecule has 0 N–H and O–H groups in total. The van der Waals surface area contributed by atoms with E-state index in [1.807, 2.05) is 0 Å². The summed E-state index contributed by atoms with van der Waals surface area (Å²) in [6.45, 7) is 13.1. The highest BCUT2D eigenvalue weighted by Gasteiger charge is 2.52. The third-order valence-electron chi connectivity index (χ3n) is 8.31. The van der Waals surface area contributed by atoms with Gasteiger partial charge in [0.2, 0.25) is 0 Å². The molecule has 170 valence electrons. The van der Waals surface area contributed by atoms with Gasteiger partial charge in [-0.1, -0.05) is 80.6 Å². The summed E-state index contributed by atoms with van der Waals surface area (Å²) in [5.74, 6) is 0. The van der Waals surface area contributed by atoms with E-state index in [-0.39, 0.29) is 23.7 Å². The summed E-state index contributed by atoms with van der Waals surface area (Å²) in [6, 6.07) is 28.9. The molecule has 0 unspecified atom stereocenters. The van der Waals surface area contributed by atoms with Crippen molar-refractivity contribution in [3.8, 4) is 22.3 Å². The third-order valence-corrected chi connectivity index (χ3v) is 8.31. The molecule has 2 nitrogen and oxygen atoms in total. The van der Waals surface area contributed by atoms with Crippen molar-refractivity contribution in [1.82, 2.24) is 0 Å². The highest BCUT2D eigenvalue weighted by Crippen LogP contribution is 2.49. The average Bonchev–Trinajstić information content (AvgIpc) is 3.17. The van der Waals surface area contributed by atoms with E-state index < -0.39 is 0 Å². The van der Waals surface area contributed by atoms with Gasteiger partial charge in [-0.3, -0.25) is 0 Å². The van der Waals surface area contributed by atoms with Crippen molar-refractivity contribution in [3.05, 3.63) is 90.0 Å². The van der Waals surface area contributed by atoms with E-state index in [1.165, 1.54) is 44.2 Å². The molecule has 1 fully saturated rings. The molecule has 34 heavy (non-hydrogen) atoms. The van der Waals surface area contributed by atoms with Crippen LogP contribution < -0.4 is 5.46 Å². The normalized spacial score (nSPS) is 19.3. The van der Waals surface area contributed by atoms with Gasteiger partial charge in [0.1, 0.15) is 0 Å². The Hall–Kier alpha value is -2.88. The van der Waals surface area contributed by atoms with Crippen LogP contribution >= 0.6 is 0 Å². The first-order chi connectivity index (χ1) is 16.1. The lowest BCUT2D eigenvalue weighted by atomic mass is 9.74. The molecule has 1 aliphatic carbocycles. The molecule has 3 heteroatoms. The molecular weight excluding hydrogens is 415 g/mol. The van der Waals surface area contributed by atoms with Crippen LogP contribution in [0, 0.1) is 0 Å². The summed E-state index contributed by atoms with van der Waals surface area (Å²) < 4.78 is 12.7. The van der Waals surface area contributed by atoms with Crippen molar-refractivity contribution in [3.63, 3.8) is 0 Å². The number of hydrogen-bond donors (Lipinski definition) is 0. The maximum absolute atomic E-state index is 6.35. The van der Waals surface area contributed by atoms with Gasteiger partial charge in [0.15, 0.2) is 0 Å². The second kappa shape index (κ2) is 7.07. The summed E-state index contributed by atoms with van der Waals surface area (Å²) >= 11 is 0. The molecule has 0 aromatic heterocycles. The third kappa shape index (κ3) is 3.11. The smallest absolute Gasteiger partial charge is 0.399 e. The van der Waals surface area contributed by atoms with E-state index >= 15 is 0 Å². The van der Waals surface area contributed by atoms with E-state index in [0.29, 0.717) is 0 Å². The number of rotatable bonds is 2. The molecule has 1 saturated heterocycles. The van der Waals surface area contributed by atoms with Crippen LogP contribution in [0.3, 0.4) is 0 Å². The fourth-order valence-electron chi connectivity index (χ4n) is 5.43. The molecule has 0 spiro atoms. The minimum Gasteiger partial charge on any atom is -0.399 e. The molecular formula is C31H31BO2. The zero-order valence-electron chi connectivity index (χ0n) is 20.9. The first-order valence-electron chi connectivity index (χ1n) is 12.2. The van der Waals surface area contributed by atoms with Gasteiger partial charge in [-0.2, -0.15) is 0 Å². The Kier molecular flexibility index (Phi) is 4.50. The highest BCUT2D eigenvalue weighted by atomic mass is 16.7. The minimum atomic E-state index is -0.344. The maximum Gasteiger partial charge on any atom is 0.494 e. The lowest BCUT2D eigenvalue weighted by Crippen LogP contribution is -2.41. The van der Waals surface area contributed by atoms with E-state index in [9.17, 15) is 0 Å². The number of benzene rings is 4. The van der Waals surface area contributed by atoms with Crippen LogP contribution in [-0.2, 0) is 14.7 Å². The predicted octanol–water partition coefficient (Wildman–Crippen LogP) is 7.11. The van der Waals surface area contributed by atoms with Gasteiger partial charge >= 0.3 is 7.12 Å². The van der Waals surface area contributed by atoms with Crippen LogP contribution in [0.15, 0.2) is 78.9 Å². The van der Waals surface area contributed by atoms with E-state index in [2.05, 4.69) is 120 Å². The van der Waals surface area contributed by atoms with Crippen molar-refractivity contribution in [2.45, 2.75) is 58.2 Å². The van der Waals surface area contributed by atoms with Crippen molar-refractivity contribution in [1.29, 1.82) is 0 Å². The largest absolute Gasteiger partial charge is 0.494 e. The number of fused-ring (bicyclic) bond motifs is 4.